The van der Waals surface area contributed by atoms with Crippen LogP contribution in [0.15, 0.2) is 23.3 Å². The van der Waals surface area contributed by atoms with Crippen LogP contribution in [0.5, 0.6) is 0 Å². The third-order valence-corrected chi connectivity index (χ3v) is 9.57. The van der Waals surface area contributed by atoms with Crippen LogP contribution in [0.2, 0.25) is 0 Å². The molecule has 0 aromatic rings. The minimum absolute atomic E-state index is 0.0224. The highest BCUT2D eigenvalue weighted by atomic mass is 16.5. The van der Waals surface area contributed by atoms with Gasteiger partial charge >= 0.3 is 0 Å². The minimum Gasteiger partial charge on any atom is -0.393 e. The van der Waals surface area contributed by atoms with Crippen LogP contribution in [-0.4, -0.2) is 59.7 Å². The van der Waals surface area contributed by atoms with Crippen molar-refractivity contribution in [2.24, 2.45) is 23.2 Å². The van der Waals surface area contributed by atoms with Gasteiger partial charge in [-0.3, -0.25) is 0 Å². The smallest absolute Gasteiger partial charge is 0.0777 e. The lowest BCUT2D eigenvalue weighted by atomic mass is 9.61. The van der Waals surface area contributed by atoms with Crippen LogP contribution >= 0.6 is 0 Å². The maximum atomic E-state index is 10.0. The number of nitrogens with zero attached hydrogens (tertiary/aromatic N) is 1. The maximum absolute atomic E-state index is 10.0. The first-order chi connectivity index (χ1) is 15.2. The molecule has 4 fully saturated rings. The van der Waals surface area contributed by atoms with Crippen molar-refractivity contribution in [1.82, 2.24) is 4.90 Å². The molecule has 0 bridgehead atoms. The average molecular weight is 446 g/mol. The summed E-state index contributed by atoms with van der Waals surface area (Å²) in [6, 6.07) is 0. The highest BCUT2D eigenvalue weighted by Crippen LogP contribution is 2.59. The molecule has 1 unspecified atom stereocenters. The van der Waals surface area contributed by atoms with Crippen LogP contribution in [0.3, 0.4) is 0 Å². The van der Waals surface area contributed by atoms with Gasteiger partial charge in [-0.25, -0.2) is 0 Å². The predicted molar refractivity (Wildman–Crippen MR) is 130 cm³/mol. The summed E-state index contributed by atoms with van der Waals surface area (Å²) in [7, 11) is 1.87. The van der Waals surface area contributed by atoms with Gasteiger partial charge in [0.1, 0.15) is 0 Å². The Balaban J connectivity index is 1.43. The summed E-state index contributed by atoms with van der Waals surface area (Å²) in [4.78, 5) is 2.66. The molecule has 1 heterocycles. The van der Waals surface area contributed by atoms with E-state index >= 15 is 0 Å². The van der Waals surface area contributed by atoms with Crippen molar-refractivity contribution in [3.63, 3.8) is 0 Å². The first kappa shape index (κ1) is 24.4. The van der Waals surface area contributed by atoms with Gasteiger partial charge in [-0.1, -0.05) is 37.1 Å². The third kappa shape index (κ3) is 5.19. The predicted octanol–water partition coefficient (Wildman–Crippen LogP) is 5.10. The fraction of sp³-hybridized carbons (Fsp3) is 0.857. The molecule has 3 aliphatic carbocycles. The molecule has 2 N–H and O–H groups in total. The number of methoxy groups -OCH3 is 1. The molecule has 7 atom stereocenters. The normalized spacial score (nSPS) is 43.3. The number of fused-ring (bicyclic) bond motifs is 1. The van der Waals surface area contributed by atoms with Crippen molar-refractivity contribution >= 4 is 0 Å². The molecule has 1 aliphatic heterocycles. The summed E-state index contributed by atoms with van der Waals surface area (Å²) in [5.74, 6) is 2.20. The van der Waals surface area contributed by atoms with Gasteiger partial charge in [0.2, 0.25) is 0 Å². The second-order valence-corrected chi connectivity index (χ2v) is 12.1. The monoisotopic (exact) mass is 445 g/mol. The van der Waals surface area contributed by atoms with Crippen LogP contribution in [0.1, 0.15) is 85.0 Å². The van der Waals surface area contributed by atoms with Gasteiger partial charge in [0.15, 0.2) is 0 Å². The first-order valence-corrected chi connectivity index (χ1v) is 13.2. The summed E-state index contributed by atoms with van der Waals surface area (Å²) in [5, 5.41) is 20.0. The van der Waals surface area contributed by atoms with Gasteiger partial charge < -0.3 is 19.8 Å². The van der Waals surface area contributed by atoms with E-state index in [-0.39, 0.29) is 17.8 Å². The van der Waals surface area contributed by atoms with Crippen molar-refractivity contribution in [3.05, 3.63) is 23.3 Å². The van der Waals surface area contributed by atoms with Crippen LogP contribution in [0, 0.1) is 23.2 Å². The standard InChI is InChI=1S/C28H47NO3/c1-20(18-29-14-6-12-27(2,19-29)32-4)25-10-11-26-22(7-5-13-28(25,26)3)9-8-21-15-23(30)17-24(31)16-21/h8-9,20,23-26,30-31H,5-7,10-19H2,1-4H3/t20-,23-,24-,25-,26+,27?,28-/m1/s1. The lowest BCUT2D eigenvalue weighted by Crippen LogP contribution is -2.49. The van der Waals surface area contributed by atoms with Crippen molar-refractivity contribution in [2.45, 2.75) is 103 Å². The summed E-state index contributed by atoms with van der Waals surface area (Å²) in [6.07, 6.45) is 14.8. The van der Waals surface area contributed by atoms with Gasteiger partial charge in [-0.15, -0.1) is 0 Å². The van der Waals surface area contributed by atoms with E-state index < -0.39 is 0 Å². The summed E-state index contributed by atoms with van der Waals surface area (Å²) in [5.41, 5.74) is 3.27. The van der Waals surface area contributed by atoms with E-state index in [1.54, 1.807) is 5.57 Å². The van der Waals surface area contributed by atoms with Gasteiger partial charge in [0.25, 0.3) is 0 Å². The molecule has 0 aromatic heterocycles. The van der Waals surface area contributed by atoms with E-state index in [0.29, 0.717) is 23.7 Å². The molecule has 0 amide bonds. The lowest BCUT2D eigenvalue weighted by molar-refractivity contribution is -0.0571. The van der Waals surface area contributed by atoms with Gasteiger partial charge in [0, 0.05) is 20.2 Å². The molecule has 4 heteroatoms. The summed E-state index contributed by atoms with van der Waals surface area (Å²) in [6.45, 7) is 10.8. The Kier molecular flexibility index (Phi) is 7.56. The quantitative estimate of drug-likeness (QED) is 0.618. The molecule has 3 saturated carbocycles. The zero-order valence-electron chi connectivity index (χ0n) is 21.0. The SMILES string of the molecule is COC1(C)CCCN(C[C@@H](C)[C@H]2CC[C@H]3C(=CC=C4C[C@@H](O)C[C@H](O)C4)CCC[C@]23C)C1. The van der Waals surface area contributed by atoms with Gasteiger partial charge in [0.05, 0.1) is 17.8 Å². The molecule has 4 nitrogen and oxygen atoms in total. The Morgan fingerprint density at radius 2 is 1.84 bits per heavy atom. The van der Waals surface area contributed by atoms with E-state index in [9.17, 15) is 10.2 Å². The minimum atomic E-state index is -0.383. The van der Waals surface area contributed by atoms with E-state index in [2.05, 4.69) is 37.8 Å². The zero-order valence-corrected chi connectivity index (χ0v) is 21.0. The van der Waals surface area contributed by atoms with E-state index in [0.717, 1.165) is 25.3 Å². The number of aliphatic hydroxyl groups is 2. The van der Waals surface area contributed by atoms with Crippen LogP contribution in [0.25, 0.3) is 0 Å². The Hall–Kier alpha value is -0.680. The third-order valence-electron chi connectivity index (χ3n) is 9.57. The maximum Gasteiger partial charge on any atom is 0.0777 e. The van der Waals surface area contributed by atoms with Crippen molar-refractivity contribution in [2.75, 3.05) is 26.7 Å². The molecule has 4 aliphatic rings. The first-order valence-electron chi connectivity index (χ1n) is 13.2. The fourth-order valence-corrected chi connectivity index (χ4v) is 7.91. The van der Waals surface area contributed by atoms with Crippen LogP contribution < -0.4 is 0 Å². The molecule has 32 heavy (non-hydrogen) atoms. The van der Waals surface area contributed by atoms with Crippen LogP contribution in [-0.2, 0) is 4.74 Å². The molecule has 182 valence electrons. The molecule has 4 rings (SSSR count). The molecule has 1 saturated heterocycles. The fourth-order valence-electron chi connectivity index (χ4n) is 7.91. The van der Waals surface area contributed by atoms with Crippen molar-refractivity contribution in [1.29, 1.82) is 0 Å². The summed E-state index contributed by atoms with van der Waals surface area (Å²) >= 11 is 0. The highest BCUT2D eigenvalue weighted by molar-refractivity contribution is 5.26. The molecule has 0 radical (unpaired) electrons. The molecule has 0 spiro atoms. The average Bonchev–Trinajstić information content (AvgIpc) is 3.09. The summed E-state index contributed by atoms with van der Waals surface area (Å²) < 4.78 is 5.84. The Morgan fingerprint density at radius 1 is 1.09 bits per heavy atom. The number of allylic oxidation sites excluding steroid dienone is 3. The number of rotatable bonds is 5. The van der Waals surface area contributed by atoms with E-state index in [4.69, 9.17) is 4.74 Å². The second-order valence-electron chi connectivity index (χ2n) is 12.1. The molecule has 0 aromatic carbocycles. The van der Waals surface area contributed by atoms with E-state index in [1.807, 2.05) is 7.11 Å². The Labute approximate surface area is 196 Å². The number of hydrogen-bond donors (Lipinski definition) is 2. The number of likely N-dealkylation sites (tertiary alicyclic amines) is 1. The number of piperidine rings is 1. The van der Waals surface area contributed by atoms with Gasteiger partial charge in [-0.2, -0.15) is 0 Å². The molecular weight excluding hydrogens is 398 g/mol. The number of ether oxygens (including phenoxy) is 1. The number of hydrogen-bond acceptors (Lipinski definition) is 4. The Morgan fingerprint density at radius 3 is 2.56 bits per heavy atom. The number of aliphatic hydroxyl groups excluding tert-OH is 2. The lowest BCUT2D eigenvalue weighted by Gasteiger charge is -2.46. The molecular formula is C28H47NO3. The van der Waals surface area contributed by atoms with E-state index in [1.165, 1.54) is 63.6 Å². The van der Waals surface area contributed by atoms with Crippen molar-refractivity contribution < 1.29 is 14.9 Å². The zero-order chi connectivity index (χ0) is 22.9. The topological polar surface area (TPSA) is 52.9 Å². The van der Waals surface area contributed by atoms with Gasteiger partial charge in [-0.05, 0) is 101 Å². The Bertz CT molecular complexity index is 705. The largest absolute Gasteiger partial charge is 0.393 e. The van der Waals surface area contributed by atoms with Crippen molar-refractivity contribution in [3.8, 4) is 0 Å². The highest BCUT2D eigenvalue weighted by Gasteiger charge is 2.51. The van der Waals surface area contributed by atoms with Crippen LogP contribution in [0.4, 0.5) is 0 Å². The second kappa shape index (κ2) is 9.90.